The lowest BCUT2D eigenvalue weighted by atomic mass is 9.83. The molecule has 8 heteroatoms. The number of anilines is 1. The van der Waals surface area contributed by atoms with Gasteiger partial charge in [-0.3, -0.25) is 9.79 Å². The van der Waals surface area contributed by atoms with Crippen molar-refractivity contribution in [2.45, 2.75) is 32.2 Å². The number of pyridine rings is 1. The van der Waals surface area contributed by atoms with E-state index in [1.54, 1.807) is 24.3 Å². The molecule has 1 fully saturated rings. The smallest absolute Gasteiger partial charge is 0.257 e. The quantitative estimate of drug-likeness (QED) is 0.670. The Morgan fingerprint density at radius 3 is 2.85 bits per heavy atom. The van der Waals surface area contributed by atoms with Crippen molar-refractivity contribution in [3.05, 3.63) is 52.7 Å². The Bertz CT molecular complexity index is 1040. The molecule has 33 heavy (non-hydrogen) atoms. The van der Waals surface area contributed by atoms with E-state index in [2.05, 4.69) is 34.2 Å². The number of hydrogen-bond donors (Lipinski definition) is 2. The van der Waals surface area contributed by atoms with Gasteiger partial charge in [0.2, 0.25) is 5.88 Å². The maximum atomic E-state index is 12.8. The predicted octanol–water partition coefficient (Wildman–Crippen LogP) is 3.86. The first-order valence-electron chi connectivity index (χ1n) is 11.5. The standard InChI is InChI=1S/C25H32ClN5O2/c1-16-12-29-23(25(16,2)27)20-11-19(7-8-21(20)26)30-24(32)18-6-9-22(28-13-18)33-15-17-5-4-10-31(3)14-17/h6-9,11,13,16-17H,4-5,10,12,14-15,27H2,1-3H3,(H,30,32)/t16?,17-,25?/m0/s1. The number of likely N-dealkylation sites (tertiary alicyclic amines) is 1. The minimum Gasteiger partial charge on any atom is -0.477 e. The molecule has 3 atom stereocenters. The van der Waals surface area contributed by atoms with E-state index in [0.29, 0.717) is 41.2 Å². The van der Waals surface area contributed by atoms with E-state index >= 15 is 0 Å². The van der Waals surface area contributed by atoms with Gasteiger partial charge in [0.1, 0.15) is 0 Å². The van der Waals surface area contributed by atoms with Gasteiger partial charge in [0, 0.05) is 47.5 Å². The second-order valence-electron chi connectivity index (χ2n) is 9.49. The van der Waals surface area contributed by atoms with E-state index in [9.17, 15) is 4.79 Å². The number of nitrogens with one attached hydrogen (secondary N) is 1. The summed E-state index contributed by atoms with van der Waals surface area (Å²) in [7, 11) is 2.14. The van der Waals surface area contributed by atoms with Crippen molar-refractivity contribution in [1.82, 2.24) is 9.88 Å². The third-order valence-electron chi connectivity index (χ3n) is 6.72. The van der Waals surface area contributed by atoms with Crippen LogP contribution < -0.4 is 15.8 Å². The average Bonchev–Trinajstić information content (AvgIpc) is 3.06. The highest BCUT2D eigenvalue weighted by Crippen LogP contribution is 2.32. The van der Waals surface area contributed by atoms with Crippen LogP contribution in [0.2, 0.25) is 5.02 Å². The summed E-state index contributed by atoms with van der Waals surface area (Å²) in [6.07, 6.45) is 3.90. The van der Waals surface area contributed by atoms with Crippen molar-refractivity contribution in [1.29, 1.82) is 0 Å². The van der Waals surface area contributed by atoms with Gasteiger partial charge in [-0.25, -0.2) is 4.98 Å². The van der Waals surface area contributed by atoms with Crippen molar-refractivity contribution in [3.63, 3.8) is 0 Å². The van der Waals surface area contributed by atoms with Crippen molar-refractivity contribution >= 4 is 28.9 Å². The molecule has 2 aromatic rings. The second kappa shape index (κ2) is 9.79. The lowest BCUT2D eigenvalue weighted by Crippen LogP contribution is -2.48. The molecule has 2 unspecified atom stereocenters. The largest absolute Gasteiger partial charge is 0.477 e. The summed E-state index contributed by atoms with van der Waals surface area (Å²) in [6, 6.07) is 8.81. The van der Waals surface area contributed by atoms with Crippen molar-refractivity contribution in [2.75, 3.05) is 38.6 Å². The first-order valence-corrected chi connectivity index (χ1v) is 11.8. The number of amides is 1. The third kappa shape index (κ3) is 5.37. The Kier molecular flexibility index (Phi) is 7.02. The van der Waals surface area contributed by atoms with E-state index in [0.717, 1.165) is 24.4 Å². The van der Waals surface area contributed by atoms with Crippen LogP contribution in [0, 0.1) is 11.8 Å². The van der Waals surface area contributed by atoms with Crippen molar-refractivity contribution in [2.24, 2.45) is 22.6 Å². The number of halogens is 1. The highest BCUT2D eigenvalue weighted by atomic mass is 35.5. The molecular weight excluding hydrogens is 438 g/mol. The van der Waals surface area contributed by atoms with Gasteiger partial charge < -0.3 is 20.7 Å². The molecule has 0 radical (unpaired) electrons. The van der Waals surface area contributed by atoms with Gasteiger partial charge in [-0.2, -0.15) is 0 Å². The number of ether oxygens (including phenoxy) is 1. The van der Waals surface area contributed by atoms with Crippen molar-refractivity contribution in [3.8, 4) is 5.88 Å². The molecule has 1 aromatic heterocycles. The highest BCUT2D eigenvalue weighted by Gasteiger charge is 2.38. The zero-order valence-corrected chi connectivity index (χ0v) is 20.2. The van der Waals surface area contributed by atoms with E-state index in [-0.39, 0.29) is 11.8 Å². The van der Waals surface area contributed by atoms with Crippen LogP contribution in [-0.4, -0.2) is 60.3 Å². The molecule has 0 saturated carbocycles. The number of aromatic nitrogens is 1. The maximum absolute atomic E-state index is 12.8. The van der Waals surface area contributed by atoms with E-state index in [4.69, 9.17) is 22.1 Å². The zero-order chi connectivity index (χ0) is 23.6. The number of benzene rings is 1. The number of carbonyl (C=O) groups excluding carboxylic acids is 1. The van der Waals surface area contributed by atoms with Crippen LogP contribution in [0.25, 0.3) is 0 Å². The van der Waals surface area contributed by atoms with Gasteiger partial charge in [0.15, 0.2) is 0 Å². The third-order valence-corrected chi connectivity index (χ3v) is 7.05. The summed E-state index contributed by atoms with van der Waals surface area (Å²) < 4.78 is 5.85. The number of rotatable bonds is 6. The molecule has 1 aromatic carbocycles. The SMILES string of the molecule is CC1CN=C(c2cc(NC(=O)c3ccc(OC[C@H]4CCCN(C)C4)nc3)ccc2Cl)C1(C)N. The fourth-order valence-electron chi connectivity index (χ4n) is 4.40. The zero-order valence-electron chi connectivity index (χ0n) is 19.5. The summed E-state index contributed by atoms with van der Waals surface area (Å²) in [5.74, 6) is 1.00. The summed E-state index contributed by atoms with van der Waals surface area (Å²) in [6.45, 7) is 7.52. The number of piperidine rings is 1. The van der Waals surface area contributed by atoms with Crippen LogP contribution in [0.3, 0.4) is 0 Å². The minimum absolute atomic E-state index is 0.215. The Labute approximate surface area is 200 Å². The molecule has 4 rings (SSSR count). The van der Waals surface area contributed by atoms with Crippen LogP contribution in [-0.2, 0) is 0 Å². The van der Waals surface area contributed by atoms with E-state index < -0.39 is 5.54 Å². The number of nitrogens with two attached hydrogens (primary N) is 1. The molecule has 176 valence electrons. The monoisotopic (exact) mass is 469 g/mol. The first-order chi connectivity index (χ1) is 15.7. The second-order valence-corrected chi connectivity index (χ2v) is 9.90. The maximum Gasteiger partial charge on any atom is 0.257 e. The van der Waals surface area contributed by atoms with Gasteiger partial charge >= 0.3 is 0 Å². The molecule has 0 bridgehead atoms. The molecule has 2 aliphatic heterocycles. The fraction of sp³-hybridized carbons (Fsp3) is 0.480. The minimum atomic E-state index is -0.570. The van der Waals surface area contributed by atoms with E-state index in [1.165, 1.54) is 19.0 Å². The molecule has 1 amide bonds. The summed E-state index contributed by atoms with van der Waals surface area (Å²) in [5.41, 5.74) is 8.52. The average molecular weight is 470 g/mol. The molecule has 2 aliphatic rings. The Morgan fingerprint density at radius 2 is 2.18 bits per heavy atom. The fourth-order valence-corrected chi connectivity index (χ4v) is 4.60. The van der Waals surface area contributed by atoms with Gasteiger partial charge in [-0.05, 0) is 63.5 Å². The molecular formula is C25H32ClN5O2. The van der Waals surface area contributed by atoms with Crippen LogP contribution in [0.1, 0.15) is 42.6 Å². The van der Waals surface area contributed by atoms with Gasteiger partial charge in [-0.1, -0.05) is 18.5 Å². The Morgan fingerprint density at radius 1 is 1.36 bits per heavy atom. The molecule has 7 nitrogen and oxygen atoms in total. The molecule has 0 spiro atoms. The lowest BCUT2D eigenvalue weighted by molar-refractivity contribution is 0.102. The van der Waals surface area contributed by atoms with Gasteiger partial charge in [-0.15, -0.1) is 0 Å². The van der Waals surface area contributed by atoms with Crippen LogP contribution in [0.5, 0.6) is 5.88 Å². The molecule has 3 N–H and O–H groups in total. The predicted molar refractivity (Wildman–Crippen MR) is 133 cm³/mol. The normalized spacial score (nSPS) is 25.5. The van der Waals surface area contributed by atoms with Gasteiger partial charge in [0.25, 0.3) is 5.91 Å². The summed E-state index contributed by atoms with van der Waals surface area (Å²) >= 11 is 6.44. The molecule has 0 aliphatic carbocycles. The summed E-state index contributed by atoms with van der Waals surface area (Å²) in [4.78, 5) is 24.0. The topological polar surface area (TPSA) is 92.8 Å². The van der Waals surface area contributed by atoms with Crippen molar-refractivity contribution < 1.29 is 9.53 Å². The van der Waals surface area contributed by atoms with Crippen LogP contribution >= 0.6 is 11.6 Å². The molecule has 1 saturated heterocycles. The Hall–Kier alpha value is -2.48. The van der Waals surface area contributed by atoms with E-state index in [1.807, 2.05) is 13.0 Å². The van der Waals surface area contributed by atoms with Gasteiger partial charge in [0.05, 0.1) is 23.4 Å². The molecule has 3 heterocycles. The summed E-state index contributed by atoms with van der Waals surface area (Å²) in [5, 5.41) is 3.48. The first kappa shape index (κ1) is 23.7. The van der Waals surface area contributed by atoms with Crippen LogP contribution in [0.15, 0.2) is 41.5 Å². The highest BCUT2D eigenvalue weighted by molar-refractivity contribution is 6.35. The number of aliphatic imine (C=N–C) groups is 1. The number of carbonyl (C=O) groups is 1. The Balaban J connectivity index is 1.39. The lowest BCUT2D eigenvalue weighted by Gasteiger charge is -2.29. The van der Waals surface area contributed by atoms with Crippen LogP contribution in [0.4, 0.5) is 5.69 Å². The number of nitrogens with zero attached hydrogens (tertiary/aromatic N) is 3. The number of hydrogen-bond acceptors (Lipinski definition) is 6.